The van der Waals surface area contributed by atoms with Gasteiger partial charge in [-0.05, 0) is 62.1 Å². The summed E-state index contributed by atoms with van der Waals surface area (Å²) in [6, 6.07) is 11.1. The van der Waals surface area contributed by atoms with Crippen molar-refractivity contribution in [2.24, 2.45) is 0 Å². The minimum absolute atomic E-state index is 0.0788. The molecule has 0 bridgehead atoms. The van der Waals surface area contributed by atoms with Gasteiger partial charge in [-0.2, -0.15) is 0 Å². The second-order valence-electron chi connectivity index (χ2n) is 7.91. The third-order valence-corrected chi connectivity index (χ3v) is 6.27. The van der Waals surface area contributed by atoms with E-state index in [1.165, 1.54) is 18.2 Å². The molecule has 6 heteroatoms. The van der Waals surface area contributed by atoms with E-state index in [2.05, 4.69) is 0 Å². The van der Waals surface area contributed by atoms with Crippen LogP contribution >= 0.6 is 0 Å². The predicted octanol–water partition coefficient (Wildman–Crippen LogP) is 4.49. The van der Waals surface area contributed by atoms with Crippen molar-refractivity contribution in [3.8, 4) is 11.5 Å². The quantitative estimate of drug-likeness (QED) is 0.542. The lowest BCUT2D eigenvalue weighted by Crippen LogP contribution is -2.32. The van der Waals surface area contributed by atoms with Gasteiger partial charge in [-0.3, -0.25) is 0 Å². The number of aromatic carboxylic acids is 1. The molecular weight excluding hydrogens is 396 g/mol. The third kappa shape index (κ3) is 2.71. The Morgan fingerprint density at radius 1 is 0.839 bits per heavy atom. The Hall–Kier alpha value is -3.80. The Bertz CT molecular complexity index is 1210. The summed E-state index contributed by atoms with van der Waals surface area (Å²) >= 11 is 0. The number of carboxylic acids is 1. The molecule has 0 radical (unpaired) electrons. The van der Waals surface area contributed by atoms with Crippen molar-refractivity contribution in [3.05, 3.63) is 92.5 Å². The molecule has 0 aliphatic carbocycles. The van der Waals surface area contributed by atoms with Crippen molar-refractivity contribution in [1.29, 1.82) is 0 Å². The molecule has 1 heterocycles. The number of hydrogen-bond acceptors (Lipinski definition) is 5. The van der Waals surface area contributed by atoms with Gasteiger partial charge in [-0.15, -0.1) is 0 Å². The third-order valence-electron chi connectivity index (χ3n) is 6.27. The number of aryl methyl sites for hydroxylation is 2. The van der Waals surface area contributed by atoms with Gasteiger partial charge in [0.05, 0.1) is 11.1 Å². The van der Waals surface area contributed by atoms with E-state index < -0.39 is 17.5 Å². The first-order valence-electron chi connectivity index (χ1n) is 9.80. The number of carboxylic acid groups (broad SMARTS) is 1. The number of hydrogen-bond donors (Lipinski definition) is 3. The number of cyclic esters (lactones) is 1. The molecule has 0 unspecified atom stereocenters. The SMILES string of the molecule is Cc1ccc(C2(c3ccc(C)c(C)c3O)OC(=O)c3cccc(C(=O)O)c32)c(O)c1C. The Labute approximate surface area is 179 Å². The van der Waals surface area contributed by atoms with E-state index in [1.54, 1.807) is 38.1 Å². The summed E-state index contributed by atoms with van der Waals surface area (Å²) in [5.74, 6) is -2.23. The fraction of sp³-hybridized carbons (Fsp3) is 0.200. The maximum Gasteiger partial charge on any atom is 0.340 e. The zero-order valence-corrected chi connectivity index (χ0v) is 17.6. The topological polar surface area (TPSA) is 104 Å². The summed E-state index contributed by atoms with van der Waals surface area (Å²) in [5.41, 5.74) is 1.35. The Kier molecular flexibility index (Phi) is 4.54. The van der Waals surface area contributed by atoms with Crippen LogP contribution in [0.1, 0.15) is 59.7 Å². The number of fused-ring (bicyclic) bond motifs is 1. The molecule has 0 amide bonds. The van der Waals surface area contributed by atoms with Gasteiger partial charge >= 0.3 is 11.9 Å². The average molecular weight is 418 g/mol. The number of rotatable bonds is 3. The van der Waals surface area contributed by atoms with Crippen LogP contribution in [0.5, 0.6) is 11.5 Å². The van der Waals surface area contributed by atoms with Crippen molar-refractivity contribution in [2.45, 2.75) is 33.3 Å². The van der Waals surface area contributed by atoms with Crippen molar-refractivity contribution >= 4 is 11.9 Å². The second kappa shape index (κ2) is 6.87. The second-order valence-corrected chi connectivity index (χ2v) is 7.91. The molecule has 31 heavy (non-hydrogen) atoms. The van der Waals surface area contributed by atoms with Crippen LogP contribution < -0.4 is 0 Å². The summed E-state index contributed by atoms with van der Waals surface area (Å²) < 4.78 is 5.91. The van der Waals surface area contributed by atoms with E-state index in [4.69, 9.17) is 4.74 Å². The van der Waals surface area contributed by atoms with Gasteiger partial charge in [-0.1, -0.05) is 30.3 Å². The number of carbonyl (C=O) groups is 2. The van der Waals surface area contributed by atoms with Gasteiger partial charge < -0.3 is 20.1 Å². The molecule has 0 spiro atoms. The smallest absolute Gasteiger partial charge is 0.340 e. The minimum Gasteiger partial charge on any atom is -0.507 e. The predicted molar refractivity (Wildman–Crippen MR) is 114 cm³/mol. The first-order valence-corrected chi connectivity index (χ1v) is 9.80. The van der Waals surface area contributed by atoms with Crippen LogP contribution in [-0.2, 0) is 10.3 Å². The summed E-state index contributed by atoms with van der Waals surface area (Å²) in [6.45, 7) is 7.11. The Morgan fingerprint density at radius 3 is 1.84 bits per heavy atom. The largest absolute Gasteiger partial charge is 0.507 e. The Balaban J connectivity index is 2.24. The van der Waals surface area contributed by atoms with Gasteiger partial charge in [0.25, 0.3) is 0 Å². The van der Waals surface area contributed by atoms with Crippen LogP contribution in [0.3, 0.4) is 0 Å². The lowest BCUT2D eigenvalue weighted by atomic mass is 9.75. The lowest BCUT2D eigenvalue weighted by molar-refractivity contribution is 0.0233. The molecule has 6 nitrogen and oxygen atoms in total. The molecule has 3 aromatic carbocycles. The van der Waals surface area contributed by atoms with Gasteiger partial charge in [0.15, 0.2) is 5.60 Å². The van der Waals surface area contributed by atoms with Crippen LogP contribution in [-0.4, -0.2) is 27.3 Å². The molecule has 0 aromatic heterocycles. The average Bonchev–Trinajstić information content (AvgIpc) is 3.03. The molecule has 0 saturated heterocycles. The molecule has 158 valence electrons. The van der Waals surface area contributed by atoms with E-state index in [1.807, 2.05) is 13.8 Å². The van der Waals surface area contributed by atoms with Crippen LogP contribution in [0.2, 0.25) is 0 Å². The number of esters is 1. The van der Waals surface area contributed by atoms with E-state index in [0.29, 0.717) is 11.1 Å². The van der Waals surface area contributed by atoms with Gasteiger partial charge in [-0.25, -0.2) is 9.59 Å². The maximum absolute atomic E-state index is 13.0. The number of ether oxygens (including phenoxy) is 1. The molecule has 1 aliphatic heterocycles. The molecule has 0 atom stereocenters. The molecule has 3 N–H and O–H groups in total. The number of phenolic OH excluding ortho intramolecular Hbond substituents is 2. The van der Waals surface area contributed by atoms with Crippen molar-refractivity contribution in [1.82, 2.24) is 0 Å². The van der Waals surface area contributed by atoms with E-state index in [-0.39, 0.29) is 39.3 Å². The highest BCUT2D eigenvalue weighted by atomic mass is 16.6. The summed E-state index contributed by atoms with van der Waals surface area (Å²) in [7, 11) is 0. The fourth-order valence-electron chi connectivity index (χ4n) is 4.22. The highest BCUT2D eigenvalue weighted by Gasteiger charge is 2.53. The monoisotopic (exact) mass is 418 g/mol. The highest BCUT2D eigenvalue weighted by molar-refractivity contribution is 6.02. The maximum atomic E-state index is 13.0. The molecule has 0 fully saturated rings. The zero-order valence-electron chi connectivity index (χ0n) is 17.6. The van der Waals surface area contributed by atoms with Crippen molar-refractivity contribution in [2.75, 3.05) is 0 Å². The standard InChI is InChI=1S/C25H22O6/c1-12-8-10-18(21(26)14(12)3)25(19-11-9-13(2)15(4)22(19)27)20-16(23(28)29)6-5-7-17(20)24(30)31-25/h5-11,26-27H,1-4H3,(H,28,29). The fourth-order valence-corrected chi connectivity index (χ4v) is 4.22. The normalized spacial score (nSPS) is 14.3. The summed E-state index contributed by atoms with van der Waals surface area (Å²) in [5, 5.41) is 32.1. The number of benzene rings is 3. The van der Waals surface area contributed by atoms with Gasteiger partial charge in [0.1, 0.15) is 11.5 Å². The Morgan fingerprint density at radius 2 is 1.35 bits per heavy atom. The first-order chi connectivity index (χ1) is 14.6. The molecule has 1 aliphatic rings. The van der Waals surface area contributed by atoms with Gasteiger partial charge in [0.2, 0.25) is 0 Å². The molecule has 0 saturated carbocycles. The lowest BCUT2D eigenvalue weighted by Gasteiger charge is -2.33. The summed E-state index contributed by atoms with van der Waals surface area (Å²) in [6.07, 6.45) is 0. The van der Waals surface area contributed by atoms with Gasteiger partial charge in [0, 0.05) is 16.7 Å². The molecule has 4 rings (SSSR count). The number of phenols is 2. The minimum atomic E-state index is -1.83. The highest BCUT2D eigenvalue weighted by Crippen LogP contribution is 2.54. The number of aromatic hydroxyl groups is 2. The van der Waals surface area contributed by atoms with E-state index in [9.17, 15) is 24.9 Å². The first kappa shape index (κ1) is 20.5. The van der Waals surface area contributed by atoms with Crippen molar-refractivity contribution < 1.29 is 29.6 Å². The van der Waals surface area contributed by atoms with Crippen molar-refractivity contribution in [3.63, 3.8) is 0 Å². The van der Waals surface area contributed by atoms with Crippen LogP contribution in [0.4, 0.5) is 0 Å². The van der Waals surface area contributed by atoms with Crippen LogP contribution in [0.25, 0.3) is 0 Å². The summed E-state index contributed by atoms with van der Waals surface area (Å²) in [4.78, 5) is 25.1. The van der Waals surface area contributed by atoms with Crippen LogP contribution in [0.15, 0.2) is 42.5 Å². The van der Waals surface area contributed by atoms with E-state index >= 15 is 0 Å². The number of carbonyl (C=O) groups excluding carboxylic acids is 1. The van der Waals surface area contributed by atoms with E-state index in [0.717, 1.165) is 11.1 Å². The molecule has 3 aromatic rings. The van der Waals surface area contributed by atoms with Crippen LogP contribution in [0, 0.1) is 27.7 Å². The zero-order chi connectivity index (χ0) is 22.7. The molecular formula is C25H22O6.